The average molecular weight is 434 g/mol. The van der Waals surface area contributed by atoms with Gasteiger partial charge in [0.1, 0.15) is 11.6 Å². The van der Waals surface area contributed by atoms with Gasteiger partial charge in [0.2, 0.25) is 0 Å². The van der Waals surface area contributed by atoms with Crippen LogP contribution in [0.3, 0.4) is 0 Å². The lowest BCUT2D eigenvalue weighted by Crippen LogP contribution is -2.07. The van der Waals surface area contributed by atoms with Gasteiger partial charge in [-0.15, -0.1) is 22.7 Å². The Balaban J connectivity index is 1.48. The fraction of sp³-hybridized carbons (Fsp3) is 0.286. The summed E-state index contributed by atoms with van der Waals surface area (Å²) in [5.74, 6) is -0.0227. The van der Waals surface area contributed by atoms with Gasteiger partial charge in [0.15, 0.2) is 5.78 Å². The van der Waals surface area contributed by atoms with Crippen molar-refractivity contribution in [3.05, 3.63) is 62.2 Å². The fourth-order valence-corrected chi connectivity index (χ4v) is 4.37. The predicted molar refractivity (Wildman–Crippen MR) is 114 cm³/mol. The number of benzene rings is 1. The Bertz CT molecular complexity index is 960. The van der Waals surface area contributed by atoms with E-state index in [1.807, 2.05) is 5.38 Å². The van der Waals surface area contributed by atoms with Crippen LogP contribution < -0.4 is 0 Å². The highest BCUT2D eigenvalue weighted by molar-refractivity contribution is 7.18. The minimum atomic E-state index is -0.410. The number of hydrogen-bond donors (Lipinski definition) is 0. The van der Waals surface area contributed by atoms with Crippen LogP contribution in [0.2, 0.25) is 4.34 Å². The Kier molecular flexibility index (Phi) is 6.99. The molecule has 2 heterocycles. The van der Waals surface area contributed by atoms with Gasteiger partial charge in [0.25, 0.3) is 0 Å². The van der Waals surface area contributed by atoms with Crippen molar-refractivity contribution >= 4 is 46.0 Å². The van der Waals surface area contributed by atoms with Crippen molar-refractivity contribution in [3.8, 4) is 10.6 Å². The van der Waals surface area contributed by atoms with Gasteiger partial charge in [0, 0.05) is 17.4 Å². The number of halogens is 1. The van der Waals surface area contributed by atoms with E-state index < -0.39 is 5.97 Å². The molecule has 0 atom stereocenters. The van der Waals surface area contributed by atoms with Crippen LogP contribution >= 0.6 is 34.3 Å². The topological polar surface area (TPSA) is 56.3 Å². The lowest BCUT2D eigenvalue weighted by Gasteiger charge is -2.05. The second-order valence-corrected chi connectivity index (χ2v) is 9.18. The summed E-state index contributed by atoms with van der Waals surface area (Å²) >= 11 is 8.56. The van der Waals surface area contributed by atoms with E-state index in [1.165, 1.54) is 28.2 Å². The van der Waals surface area contributed by atoms with Crippen LogP contribution in [-0.4, -0.2) is 16.7 Å². The number of carbonyl (C=O) groups is 2. The maximum Gasteiger partial charge on any atom is 0.306 e. The zero-order chi connectivity index (χ0) is 20.1. The van der Waals surface area contributed by atoms with Crippen molar-refractivity contribution in [1.82, 2.24) is 4.98 Å². The SMILES string of the molecule is CC(C)c1ccc(-c2nc(COC(=O)CCC(=O)c3ccc(Cl)s3)cs2)cc1. The van der Waals surface area contributed by atoms with E-state index in [-0.39, 0.29) is 25.2 Å². The van der Waals surface area contributed by atoms with E-state index in [1.54, 1.807) is 12.1 Å². The van der Waals surface area contributed by atoms with Crippen LogP contribution in [-0.2, 0) is 16.1 Å². The predicted octanol–water partition coefficient (Wildman–Crippen LogP) is 6.35. The van der Waals surface area contributed by atoms with E-state index in [2.05, 4.69) is 43.1 Å². The molecule has 7 heteroatoms. The minimum Gasteiger partial charge on any atom is -0.459 e. The average Bonchev–Trinajstić information content (AvgIpc) is 3.33. The number of rotatable bonds is 8. The summed E-state index contributed by atoms with van der Waals surface area (Å²) in [6, 6.07) is 11.7. The summed E-state index contributed by atoms with van der Waals surface area (Å²) in [5.41, 5.74) is 3.04. The van der Waals surface area contributed by atoms with Crippen LogP contribution in [0.4, 0.5) is 0 Å². The largest absolute Gasteiger partial charge is 0.459 e. The van der Waals surface area contributed by atoms with Gasteiger partial charge in [-0.05, 0) is 23.6 Å². The quantitative estimate of drug-likeness (QED) is 0.306. The number of ether oxygens (including phenoxy) is 1. The number of aromatic nitrogens is 1. The first kappa shape index (κ1) is 20.7. The van der Waals surface area contributed by atoms with Crippen LogP contribution in [0, 0.1) is 0 Å². The number of nitrogens with zero attached hydrogens (tertiary/aromatic N) is 1. The summed E-state index contributed by atoms with van der Waals surface area (Å²) in [6.45, 7) is 4.43. The van der Waals surface area contributed by atoms with Crippen molar-refractivity contribution in [2.45, 2.75) is 39.2 Å². The molecule has 0 bridgehead atoms. The monoisotopic (exact) mass is 433 g/mol. The van der Waals surface area contributed by atoms with Crippen molar-refractivity contribution < 1.29 is 14.3 Å². The number of Topliss-reactive ketones (excluding diaryl/α,β-unsaturated/α-hetero) is 1. The molecule has 0 aliphatic heterocycles. The number of hydrogen-bond acceptors (Lipinski definition) is 6. The van der Waals surface area contributed by atoms with Gasteiger partial charge in [-0.2, -0.15) is 0 Å². The van der Waals surface area contributed by atoms with Crippen molar-refractivity contribution in [2.75, 3.05) is 0 Å². The molecule has 0 aliphatic carbocycles. The van der Waals surface area contributed by atoms with Gasteiger partial charge >= 0.3 is 5.97 Å². The third-order valence-electron chi connectivity index (χ3n) is 4.16. The highest BCUT2D eigenvalue weighted by Crippen LogP contribution is 2.26. The number of ketones is 1. The molecule has 146 valence electrons. The normalized spacial score (nSPS) is 11.0. The molecule has 0 radical (unpaired) electrons. The molecule has 2 aromatic heterocycles. The van der Waals surface area contributed by atoms with Gasteiger partial charge in [-0.3, -0.25) is 9.59 Å². The van der Waals surface area contributed by atoms with Gasteiger partial charge in [0.05, 0.1) is 21.3 Å². The number of thiazole rings is 1. The van der Waals surface area contributed by atoms with Gasteiger partial charge in [-0.1, -0.05) is 49.7 Å². The zero-order valence-electron chi connectivity index (χ0n) is 15.6. The highest BCUT2D eigenvalue weighted by atomic mass is 35.5. The first-order valence-corrected chi connectivity index (χ1v) is 11.0. The molecular weight excluding hydrogens is 414 g/mol. The van der Waals surface area contributed by atoms with Crippen LogP contribution in [0.5, 0.6) is 0 Å². The summed E-state index contributed by atoms with van der Waals surface area (Å²) in [5, 5.41) is 2.78. The van der Waals surface area contributed by atoms with Gasteiger partial charge in [-0.25, -0.2) is 4.98 Å². The second-order valence-electron chi connectivity index (χ2n) is 6.61. The lowest BCUT2D eigenvalue weighted by atomic mass is 10.0. The molecule has 0 spiro atoms. The summed E-state index contributed by atoms with van der Waals surface area (Å²) < 4.78 is 5.81. The number of thiophene rings is 1. The van der Waals surface area contributed by atoms with E-state index in [0.717, 1.165) is 10.6 Å². The van der Waals surface area contributed by atoms with E-state index in [0.29, 0.717) is 20.8 Å². The van der Waals surface area contributed by atoms with Gasteiger partial charge < -0.3 is 4.74 Å². The smallest absolute Gasteiger partial charge is 0.306 e. The molecule has 0 unspecified atom stereocenters. The minimum absolute atomic E-state index is 0.0437. The Morgan fingerprint density at radius 2 is 1.86 bits per heavy atom. The highest BCUT2D eigenvalue weighted by Gasteiger charge is 2.13. The summed E-state index contributed by atoms with van der Waals surface area (Å²) in [4.78, 5) is 29.0. The van der Waals surface area contributed by atoms with Crippen LogP contribution in [0.15, 0.2) is 41.8 Å². The maximum atomic E-state index is 12.0. The second kappa shape index (κ2) is 9.45. The van der Waals surface area contributed by atoms with E-state index in [4.69, 9.17) is 16.3 Å². The molecule has 28 heavy (non-hydrogen) atoms. The lowest BCUT2D eigenvalue weighted by molar-refractivity contribution is -0.145. The maximum absolute atomic E-state index is 12.0. The molecular formula is C21H20ClNO3S2. The Morgan fingerprint density at radius 3 is 2.50 bits per heavy atom. The number of esters is 1. The third-order valence-corrected chi connectivity index (χ3v) is 6.37. The van der Waals surface area contributed by atoms with Crippen LogP contribution in [0.1, 0.15) is 53.5 Å². The molecule has 3 aromatic rings. The molecule has 0 amide bonds. The zero-order valence-corrected chi connectivity index (χ0v) is 18.0. The van der Waals surface area contributed by atoms with Crippen molar-refractivity contribution in [1.29, 1.82) is 0 Å². The molecule has 1 aromatic carbocycles. The first-order chi connectivity index (χ1) is 13.4. The van der Waals surface area contributed by atoms with Crippen molar-refractivity contribution in [2.24, 2.45) is 0 Å². The Morgan fingerprint density at radius 1 is 1.11 bits per heavy atom. The fourth-order valence-electron chi connectivity index (χ4n) is 2.55. The Labute approximate surface area is 177 Å². The summed E-state index contributed by atoms with van der Waals surface area (Å²) in [7, 11) is 0. The van der Waals surface area contributed by atoms with E-state index >= 15 is 0 Å². The molecule has 4 nitrogen and oxygen atoms in total. The van der Waals surface area contributed by atoms with Crippen LogP contribution in [0.25, 0.3) is 10.6 Å². The Hall–Kier alpha value is -2.02. The standard InChI is InChI=1S/C21H20ClNO3S2/c1-13(2)14-3-5-15(6-4-14)21-23-16(12-27-21)11-26-20(25)10-7-17(24)18-8-9-19(22)28-18/h3-6,8-9,12-13H,7,10-11H2,1-2H3. The van der Waals surface area contributed by atoms with E-state index in [9.17, 15) is 9.59 Å². The molecule has 3 rings (SSSR count). The molecule has 0 N–H and O–H groups in total. The number of carbonyl (C=O) groups excluding carboxylic acids is 2. The first-order valence-electron chi connectivity index (χ1n) is 8.91. The molecule has 0 fully saturated rings. The van der Waals surface area contributed by atoms with Crippen molar-refractivity contribution in [3.63, 3.8) is 0 Å². The molecule has 0 aliphatic rings. The third kappa shape index (κ3) is 5.50. The summed E-state index contributed by atoms with van der Waals surface area (Å²) in [6.07, 6.45) is 0.155. The molecule has 0 saturated heterocycles. The molecule has 0 saturated carbocycles.